The average molecular weight is 229 g/mol. The maximum Gasteiger partial charge on any atom is 0.184 e. The molecule has 0 bridgehead atoms. The van der Waals surface area contributed by atoms with Crippen molar-refractivity contribution >= 4 is 16.5 Å². The number of rotatable bonds is 5. The Morgan fingerprint density at radius 1 is 1.53 bits per heavy atom. The second kappa shape index (κ2) is 5.44. The second-order valence-electron chi connectivity index (χ2n) is 4.26. The molecule has 1 rings (SSSR count). The normalized spacial score (nSPS) is 11.7. The smallest absolute Gasteiger partial charge is 0.184 e. The summed E-state index contributed by atoms with van der Waals surface area (Å²) in [6, 6.07) is 0. The minimum Gasteiger partial charge on any atom is -0.356 e. The molecule has 86 valence electrons. The highest BCUT2D eigenvalue weighted by atomic mass is 32.1. The van der Waals surface area contributed by atoms with Crippen molar-refractivity contribution in [3.05, 3.63) is 11.1 Å². The maximum atomic E-state index is 5.53. The van der Waals surface area contributed by atoms with E-state index in [1.807, 2.05) is 26.2 Å². The highest BCUT2D eigenvalue weighted by Crippen LogP contribution is 2.16. The lowest BCUT2D eigenvalue weighted by molar-refractivity contribution is 0.00845. The van der Waals surface area contributed by atoms with Crippen LogP contribution in [0.1, 0.15) is 26.5 Å². The number of thiazole rings is 1. The quantitative estimate of drug-likeness (QED) is 0.756. The molecule has 0 spiro atoms. The minimum absolute atomic E-state index is 0.121. The Kier molecular flexibility index (Phi) is 4.50. The fourth-order valence-corrected chi connectivity index (χ4v) is 1.70. The van der Waals surface area contributed by atoms with E-state index in [0.29, 0.717) is 13.3 Å². The van der Waals surface area contributed by atoms with Gasteiger partial charge in [-0.15, -0.1) is 11.3 Å². The van der Waals surface area contributed by atoms with E-state index in [0.717, 1.165) is 17.2 Å². The summed E-state index contributed by atoms with van der Waals surface area (Å²) in [5, 5.41) is 6.04. The van der Waals surface area contributed by atoms with Gasteiger partial charge in [0.1, 0.15) is 6.73 Å². The number of nitrogens with one attached hydrogen (secondary N) is 1. The fourth-order valence-electron chi connectivity index (χ4n) is 0.965. The zero-order valence-corrected chi connectivity index (χ0v) is 10.4. The van der Waals surface area contributed by atoms with Crippen LogP contribution in [0, 0.1) is 0 Å². The Bertz CT molecular complexity index is 293. The second-order valence-corrected chi connectivity index (χ2v) is 5.12. The van der Waals surface area contributed by atoms with E-state index in [1.54, 1.807) is 11.3 Å². The summed E-state index contributed by atoms with van der Waals surface area (Å²) in [7, 11) is 0. The third-order valence-electron chi connectivity index (χ3n) is 1.68. The van der Waals surface area contributed by atoms with Crippen molar-refractivity contribution in [2.75, 3.05) is 18.6 Å². The first-order valence-corrected chi connectivity index (χ1v) is 5.91. The summed E-state index contributed by atoms with van der Waals surface area (Å²) in [6.07, 6.45) is 0.832. The van der Waals surface area contributed by atoms with E-state index in [2.05, 4.69) is 10.3 Å². The van der Waals surface area contributed by atoms with E-state index in [9.17, 15) is 0 Å². The van der Waals surface area contributed by atoms with Crippen LogP contribution in [0.5, 0.6) is 0 Å². The van der Waals surface area contributed by atoms with Crippen LogP contribution in [0.15, 0.2) is 5.38 Å². The SMILES string of the molecule is CC(C)(C)OCNc1nc(CCN)cs1. The Hall–Kier alpha value is -0.650. The van der Waals surface area contributed by atoms with Crippen LogP contribution in [-0.4, -0.2) is 23.9 Å². The zero-order valence-electron chi connectivity index (χ0n) is 9.54. The predicted molar refractivity (Wildman–Crippen MR) is 64.2 cm³/mol. The average Bonchev–Trinajstić information content (AvgIpc) is 2.51. The van der Waals surface area contributed by atoms with Crippen molar-refractivity contribution in [2.24, 2.45) is 5.73 Å². The van der Waals surface area contributed by atoms with E-state index >= 15 is 0 Å². The van der Waals surface area contributed by atoms with Gasteiger partial charge in [0.25, 0.3) is 0 Å². The van der Waals surface area contributed by atoms with Crippen LogP contribution in [0.3, 0.4) is 0 Å². The molecule has 0 saturated heterocycles. The minimum atomic E-state index is -0.121. The third kappa shape index (κ3) is 5.11. The third-order valence-corrected chi connectivity index (χ3v) is 2.53. The van der Waals surface area contributed by atoms with Crippen LogP contribution >= 0.6 is 11.3 Å². The molecule has 0 unspecified atom stereocenters. The van der Waals surface area contributed by atoms with Crippen LogP contribution in [-0.2, 0) is 11.2 Å². The van der Waals surface area contributed by atoms with Gasteiger partial charge in [-0.05, 0) is 27.3 Å². The van der Waals surface area contributed by atoms with Crippen molar-refractivity contribution in [2.45, 2.75) is 32.8 Å². The van der Waals surface area contributed by atoms with Gasteiger partial charge in [0.2, 0.25) is 0 Å². The van der Waals surface area contributed by atoms with Crippen molar-refractivity contribution in [3.63, 3.8) is 0 Å². The van der Waals surface area contributed by atoms with Gasteiger partial charge in [0, 0.05) is 11.8 Å². The summed E-state index contributed by atoms with van der Waals surface area (Å²) in [5.74, 6) is 0. The molecule has 1 aromatic heterocycles. The molecule has 0 aliphatic rings. The van der Waals surface area contributed by atoms with Crippen LogP contribution in [0.25, 0.3) is 0 Å². The highest BCUT2D eigenvalue weighted by molar-refractivity contribution is 7.13. The van der Waals surface area contributed by atoms with Crippen LogP contribution in [0.4, 0.5) is 5.13 Å². The molecular formula is C10H19N3OS. The lowest BCUT2D eigenvalue weighted by Crippen LogP contribution is -2.23. The Labute approximate surface area is 94.8 Å². The summed E-state index contributed by atoms with van der Waals surface area (Å²) in [5.41, 5.74) is 6.37. The summed E-state index contributed by atoms with van der Waals surface area (Å²) >= 11 is 1.58. The number of anilines is 1. The molecule has 15 heavy (non-hydrogen) atoms. The topological polar surface area (TPSA) is 60.2 Å². The first kappa shape index (κ1) is 12.4. The molecule has 0 atom stereocenters. The first-order chi connectivity index (χ1) is 7.01. The Morgan fingerprint density at radius 2 is 2.27 bits per heavy atom. The molecular weight excluding hydrogens is 210 g/mol. The van der Waals surface area contributed by atoms with Gasteiger partial charge in [-0.25, -0.2) is 4.98 Å². The molecule has 0 fully saturated rings. The molecule has 0 radical (unpaired) electrons. The fraction of sp³-hybridized carbons (Fsp3) is 0.700. The molecule has 0 amide bonds. The van der Waals surface area contributed by atoms with Crippen molar-refractivity contribution < 1.29 is 4.74 Å². The molecule has 4 nitrogen and oxygen atoms in total. The van der Waals surface area contributed by atoms with E-state index < -0.39 is 0 Å². The monoisotopic (exact) mass is 229 g/mol. The molecule has 0 aliphatic carbocycles. The number of hydrogen-bond donors (Lipinski definition) is 2. The predicted octanol–water partition coefficient (Wildman–Crippen LogP) is 1.83. The molecule has 1 heterocycles. The van der Waals surface area contributed by atoms with Gasteiger partial charge < -0.3 is 15.8 Å². The Balaban J connectivity index is 2.31. The number of nitrogens with two attached hydrogens (primary N) is 1. The molecule has 3 N–H and O–H groups in total. The van der Waals surface area contributed by atoms with Gasteiger partial charge in [0.15, 0.2) is 5.13 Å². The van der Waals surface area contributed by atoms with Gasteiger partial charge in [-0.2, -0.15) is 0 Å². The number of nitrogens with zero attached hydrogens (tertiary/aromatic N) is 1. The van der Waals surface area contributed by atoms with Crippen LogP contribution in [0.2, 0.25) is 0 Å². The van der Waals surface area contributed by atoms with Crippen molar-refractivity contribution in [1.82, 2.24) is 4.98 Å². The maximum absolute atomic E-state index is 5.53. The largest absolute Gasteiger partial charge is 0.356 e. The van der Waals surface area contributed by atoms with Crippen LogP contribution < -0.4 is 11.1 Å². The standard InChI is InChI=1S/C10H19N3OS/c1-10(2,3)14-7-12-9-13-8(4-5-11)6-15-9/h6H,4-5,7,11H2,1-3H3,(H,12,13). The lowest BCUT2D eigenvalue weighted by atomic mass is 10.2. The van der Waals surface area contributed by atoms with E-state index in [-0.39, 0.29) is 5.60 Å². The number of hydrogen-bond acceptors (Lipinski definition) is 5. The van der Waals surface area contributed by atoms with Gasteiger partial charge in [-0.3, -0.25) is 0 Å². The summed E-state index contributed by atoms with van der Waals surface area (Å²) < 4.78 is 5.53. The van der Waals surface area contributed by atoms with Gasteiger partial charge in [-0.1, -0.05) is 0 Å². The van der Waals surface area contributed by atoms with E-state index in [1.165, 1.54) is 0 Å². The van der Waals surface area contributed by atoms with Gasteiger partial charge >= 0.3 is 0 Å². The van der Waals surface area contributed by atoms with E-state index in [4.69, 9.17) is 10.5 Å². The summed E-state index contributed by atoms with van der Waals surface area (Å²) in [4.78, 5) is 4.37. The molecule has 0 aliphatic heterocycles. The number of aromatic nitrogens is 1. The van der Waals surface area contributed by atoms with Gasteiger partial charge in [0.05, 0.1) is 11.3 Å². The molecule has 1 aromatic rings. The highest BCUT2D eigenvalue weighted by Gasteiger charge is 2.09. The molecule has 0 saturated carbocycles. The lowest BCUT2D eigenvalue weighted by Gasteiger charge is -2.19. The first-order valence-electron chi connectivity index (χ1n) is 5.03. The zero-order chi connectivity index (χ0) is 11.3. The molecule has 5 heteroatoms. The van der Waals surface area contributed by atoms with Crippen molar-refractivity contribution in [3.8, 4) is 0 Å². The van der Waals surface area contributed by atoms with Crippen molar-refractivity contribution in [1.29, 1.82) is 0 Å². The summed E-state index contributed by atoms with van der Waals surface area (Å²) in [6.45, 7) is 7.20. The Morgan fingerprint density at radius 3 is 2.87 bits per heavy atom. The molecule has 0 aromatic carbocycles. The number of ether oxygens (including phenoxy) is 1.